The molecule has 0 bridgehead atoms. The Hall–Kier alpha value is -1.50. The van der Waals surface area contributed by atoms with Gasteiger partial charge in [-0.05, 0) is 23.6 Å². The van der Waals surface area contributed by atoms with E-state index in [1.165, 1.54) is 5.56 Å². The fourth-order valence-electron chi connectivity index (χ4n) is 1.34. The summed E-state index contributed by atoms with van der Waals surface area (Å²) in [5, 5.41) is 0. The predicted octanol–water partition coefficient (Wildman–Crippen LogP) is 3.46. The van der Waals surface area contributed by atoms with E-state index in [0.717, 1.165) is 17.7 Å². The third-order valence-corrected chi connectivity index (χ3v) is 2.12. The molecule has 1 aromatic rings. The number of ether oxygens (including phenoxy) is 1. The van der Waals surface area contributed by atoms with E-state index < -0.39 is 0 Å². The van der Waals surface area contributed by atoms with Gasteiger partial charge in [-0.3, -0.25) is 0 Å². The fraction of sp³-hybridized carbons (Fsp3) is 0.231. The average molecular weight is 188 g/mol. The molecule has 14 heavy (non-hydrogen) atoms. The van der Waals surface area contributed by atoms with Gasteiger partial charge in [-0.1, -0.05) is 43.9 Å². The molecule has 0 spiro atoms. The molecule has 0 saturated carbocycles. The van der Waals surface area contributed by atoms with Crippen LogP contribution in [0.5, 0.6) is 5.75 Å². The zero-order valence-corrected chi connectivity index (χ0v) is 8.79. The molecule has 1 rings (SSSR count). The van der Waals surface area contributed by atoms with Gasteiger partial charge in [0.15, 0.2) is 0 Å². The van der Waals surface area contributed by atoms with Crippen molar-refractivity contribution in [2.24, 2.45) is 0 Å². The van der Waals surface area contributed by atoms with Crippen molar-refractivity contribution >= 4 is 6.08 Å². The average Bonchev–Trinajstić information content (AvgIpc) is 2.25. The van der Waals surface area contributed by atoms with Crippen molar-refractivity contribution in [3.8, 4) is 5.75 Å². The number of rotatable bonds is 4. The standard InChI is InChI=1S/C13H16O/c1-4-6-7-11-8-9-12(5-2)13(10-11)14-3/h4,6-10H,1,5H2,2-3H3. The minimum Gasteiger partial charge on any atom is -0.496 e. The number of benzene rings is 1. The number of allylic oxidation sites excluding steroid dienone is 2. The highest BCUT2D eigenvalue weighted by atomic mass is 16.5. The molecule has 0 unspecified atom stereocenters. The molecule has 74 valence electrons. The monoisotopic (exact) mass is 188 g/mol. The lowest BCUT2D eigenvalue weighted by Gasteiger charge is -2.06. The van der Waals surface area contributed by atoms with Crippen LogP contribution in [-0.4, -0.2) is 7.11 Å². The topological polar surface area (TPSA) is 9.23 Å². The van der Waals surface area contributed by atoms with E-state index in [0.29, 0.717) is 0 Å². The summed E-state index contributed by atoms with van der Waals surface area (Å²) in [6.45, 7) is 5.76. The van der Waals surface area contributed by atoms with Crippen molar-refractivity contribution in [3.63, 3.8) is 0 Å². The Labute approximate surface area is 85.7 Å². The van der Waals surface area contributed by atoms with E-state index in [2.05, 4.69) is 25.6 Å². The van der Waals surface area contributed by atoms with Gasteiger partial charge in [-0.25, -0.2) is 0 Å². The van der Waals surface area contributed by atoms with E-state index in [1.54, 1.807) is 13.2 Å². The van der Waals surface area contributed by atoms with Crippen LogP contribution in [0.3, 0.4) is 0 Å². The Balaban J connectivity index is 3.00. The minimum absolute atomic E-state index is 0.957. The molecule has 0 atom stereocenters. The molecule has 0 aliphatic heterocycles. The zero-order chi connectivity index (χ0) is 10.4. The van der Waals surface area contributed by atoms with E-state index in [-0.39, 0.29) is 0 Å². The molecule has 1 aromatic carbocycles. The Bertz CT molecular complexity index is 337. The van der Waals surface area contributed by atoms with Gasteiger partial charge in [0.05, 0.1) is 7.11 Å². The molecule has 0 aliphatic rings. The SMILES string of the molecule is C=CC=Cc1ccc(CC)c(OC)c1. The molecular weight excluding hydrogens is 172 g/mol. The second-order valence-electron chi connectivity index (χ2n) is 3.02. The van der Waals surface area contributed by atoms with E-state index in [4.69, 9.17) is 4.74 Å². The molecule has 1 nitrogen and oxygen atoms in total. The van der Waals surface area contributed by atoms with Crippen molar-refractivity contribution in [1.82, 2.24) is 0 Å². The van der Waals surface area contributed by atoms with Gasteiger partial charge in [0.25, 0.3) is 0 Å². The largest absolute Gasteiger partial charge is 0.496 e. The summed E-state index contributed by atoms with van der Waals surface area (Å²) in [5.74, 6) is 0.957. The maximum Gasteiger partial charge on any atom is 0.122 e. The van der Waals surface area contributed by atoms with Crippen molar-refractivity contribution in [2.75, 3.05) is 7.11 Å². The summed E-state index contributed by atoms with van der Waals surface area (Å²) in [5.41, 5.74) is 2.38. The second kappa shape index (κ2) is 5.28. The summed E-state index contributed by atoms with van der Waals surface area (Å²) in [4.78, 5) is 0. The van der Waals surface area contributed by atoms with E-state index >= 15 is 0 Å². The number of aryl methyl sites for hydroxylation is 1. The van der Waals surface area contributed by atoms with Crippen molar-refractivity contribution in [2.45, 2.75) is 13.3 Å². The zero-order valence-electron chi connectivity index (χ0n) is 8.79. The second-order valence-corrected chi connectivity index (χ2v) is 3.02. The molecule has 0 fully saturated rings. The first kappa shape index (κ1) is 10.6. The van der Waals surface area contributed by atoms with Crippen LogP contribution >= 0.6 is 0 Å². The van der Waals surface area contributed by atoms with Gasteiger partial charge < -0.3 is 4.74 Å². The fourth-order valence-corrected chi connectivity index (χ4v) is 1.34. The highest BCUT2D eigenvalue weighted by Gasteiger charge is 2.00. The Morgan fingerprint density at radius 1 is 1.43 bits per heavy atom. The quantitative estimate of drug-likeness (QED) is 0.657. The van der Waals surface area contributed by atoms with Crippen LogP contribution in [0.1, 0.15) is 18.1 Å². The van der Waals surface area contributed by atoms with Crippen LogP contribution in [0.25, 0.3) is 6.08 Å². The third kappa shape index (κ3) is 2.49. The van der Waals surface area contributed by atoms with Crippen LogP contribution in [0.4, 0.5) is 0 Å². The number of methoxy groups -OCH3 is 1. The molecule has 0 N–H and O–H groups in total. The summed E-state index contributed by atoms with van der Waals surface area (Å²) in [7, 11) is 1.70. The maximum absolute atomic E-state index is 5.30. The molecule has 0 aromatic heterocycles. The van der Waals surface area contributed by atoms with Crippen molar-refractivity contribution < 1.29 is 4.74 Å². The number of hydrogen-bond donors (Lipinski definition) is 0. The summed E-state index contributed by atoms with van der Waals surface area (Å²) < 4.78 is 5.30. The van der Waals surface area contributed by atoms with Crippen LogP contribution in [0.15, 0.2) is 36.9 Å². The van der Waals surface area contributed by atoms with E-state index in [1.807, 2.05) is 18.2 Å². The van der Waals surface area contributed by atoms with Crippen LogP contribution in [0.2, 0.25) is 0 Å². The van der Waals surface area contributed by atoms with E-state index in [9.17, 15) is 0 Å². The molecule has 0 aliphatic carbocycles. The maximum atomic E-state index is 5.30. The Morgan fingerprint density at radius 2 is 2.21 bits per heavy atom. The molecular formula is C13H16O. The highest BCUT2D eigenvalue weighted by Crippen LogP contribution is 2.21. The smallest absolute Gasteiger partial charge is 0.122 e. The molecule has 0 saturated heterocycles. The minimum atomic E-state index is 0.957. The van der Waals surface area contributed by atoms with Gasteiger partial charge in [-0.15, -0.1) is 0 Å². The molecule has 0 heterocycles. The van der Waals surface area contributed by atoms with Gasteiger partial charge in [0.2, 0.25) is 0 Å². The van der Waals surface area contributed by atoms with Crippen molar-refractivity contribution in [1.29, 1.82) is 0 Å². The first-order chi connectivity index (χ1) is 6.81. The summed E-state index contributed by atoms with van der Waals surface area (Å²) >= 11 is 0. The lowest BCUT2D eigenvalue weighted by molar-refractivity contribution is 0.410. The van der Waals surface area contributed by atoms with Crippen molar-refractivity contribution in [3.05, 3.63) is 48.1 Å². The lowest BCUT2D eigenvalue weighted by Crippen LogP contribution is -1.90. The first-order valence-electron chi connectivity index (χ1n) is 4.77. The molecule has 0 amide bonds. The van der Waals surface area contributed by atoms with Gasteiger partial charge in [-0.2, -0.15) is 0 Å². The number of hydrogen-bond acceptors (Lipinski definition) is 1. The first-order valence-corrected chi connectivity index (χ1v) is 4.77. The van der Waals surface area contributed by atoms with Gasteiger partial charge >= 0.3 is 0 Å². The molecule has 0 radical (unpaired) electrons. The van der Waals surface area contributed by atoms with Crippen LogP contribution in [0, 0.1) is 0 Å². The third-order valence-electron chi connectivity index (χ3n) is 2.12. The van der Waals surface area contributed by atoms with Gasteiger partial charge in [0, 0.05) is 0 Å². The summed E-state index contributed by atoms with van der Waals surface area (Å²) in [6, 6.07) is 6.22. The predicted molar refractivity (Wildman–Crippen MR) is 61.6 cm³/mol. The lowest BCUT2D eigenvalue weighted by atomic mass is 10.1. The Morgan fingerprint density at radius 3 is 2.79 bits per heavy atom. The normalized spacial score (nSPS) is 10.4. The highest BCUT2D eigenvalue weighted by molar-refractivity contribution is 5.55. The van der Waals surface area contributed by atoms with Crippen LogP contribution < -0.4 is 4.74 Å². The van der Waals surface area contributed by atoms with Crippen LogP contribution in [-0.2, 0) is 6.42 Å². The Kier molecular flexibility index (Phi) is 3.99. The summed E-state index contributed by atoms with van der Waals surface area (Å²) in [6.07, 6.45) is 6.68. The van der Waals surface area contributed by atoms with Gasteiger partial charge in [0.1, 0.15) is 5.75 Å². The molecule has 1 heteroatoms.